The van der Waals surface area contributed by atoms with Crippen molar-refractivity contribution in [1.29, 1.82) is 0 Å². The molecule has 2 aromatic rings. The van der Waals surface area contributed by atoms with Crippen molar-refractivity contribution >= 4 is 11.3 Å². The molecular formula is C19H21NO2. The Bertz CT molecular complexity index is 760. The largest absolute Gasteiger partial charge is 0.507 e. The van der Waals surface area contributed by atoms with Crippen LogP contribution in [0.1, 0.15) is 31.9 Å². The maximum absolute atomic E-state index is 10.1. The van der Waals surface area contributed by atoms with Crippen LogP contribution in [0.15, 0.2) is 42.5 Å². The zero-order valence-electron chi connectivity index (χ0n) is 13.1. The Kier molecular flexibility index (Phi) is 3.45. The van der Waals surface area contributed by atoms with Gasteiger partial charge >= 0.3 is 0 Å². The monoisotopic (exact) mass is 295 g/mol. The Hall–Kier alpha value is -2.26. The van der Waals surface area contributed by atoms with Crippen LogP contribution >= 0.6 is 0 Å². The highest BCUT2D eigenvalue weighted by atomic mass is 16.3. The van der Waals surface area contributed by atoms with Crippen molar-refractivity contribution in [3.63, 3.8) is 0 Å². The van der Waals surface area contributed by atoms with Crippen molar-refractivity contribution in [3.05, 3.63) is 53.6 Å². The van der Waals surface area contributed by atoms with Crippen molar-refractivity contribution < 1.29 is 10.2 Å². The van der Waals surface area contributed by atoms with E-state index in [1.54, 1.807) is 12.1 Å². The van der Waals surface area contributed by atoms with Crippen molar-refractivity contribution in [2.45, 2.75) is 32.9 Å². The Labute approximate surface area is 130 Å². The van der Waals surface area contributed by atoms with E-state index in [-0.39, 0.29) is 17.9 Å². The predicted molar refractivity (Wildman–Crippen MR) is 90.8 cm³/mol. The summed E-state index contributed by atoms with van der Waals surface area (Å²) < 4.78 is 0. The van der Waals surface area contributed by atoms with E-state index < -0.39 is 0 Å². The zero-order chi connectivity index (χ0) is 15.9. The van der Waals surface area contributed by atoms with Gasteiger partial charge in [0.25, 0.3) is 0 Å². The lowest BCUT2D eigenvalue weighted by Crippen LogP contribution is -2.31. The molecular weight excluding hydrogens is 274 g/mol. The molecule has 0 amide bonds. The number of aliphatic hydroxyl groups excluding tert-OH is 1. The van der Waals surface area contributed by atoms with E-state index in [0.29, 0.717) is 0 Å². The number of allylic oxidation sites excluding steroid dienone is 1. The van der Waals surface area contributed by atoms with E-state index in [2.05, 4.69) is 32.2 Å². The molecule has 114 valence electrons. The van der Waals surface area contributed by atoms with Gasteiger partial charge in [0.1, 0.15) is 5.75 Å². The highest BCUT2D eigenvalue weighted by Gasteiger charge is 2.25. The number of hydrogen-bond acceptors (Lipinski definition) is 3. The molecule has 3 heteroatoms. The first kappa shape index (κ1) is 14.7. The molecule has 22 heavy (non-hydrogen) atoms. The number of anilines is 1. The summed E-state index contributed by atoms with van der Waals surface area (Å²) in [5.41, 5.74) is 5.53. The van der Waals surface area contributed by atoms with Crippen LogP contribution in [-0.2, 0) is 6.61 Å². The molecule has 0 saturated heterocycles. The van der Waals surface area contributed by atoms with Crippen LogP contribution in [0.5, 0.6) is 5.75 Å². The minimum absolute atomic E-state index is 0.0693. The molecule has 2 aromatic carbocycles. The van der Waals surface area contributed by atoms with Crippen LogP contribution in [0.3, 0.4) is 0 Å². The fourth-order valence-electron chi connectivity index (χ4n) is 3.32. The minimum Gasteiger partial charge on any atom is -0.507 e. The van der Waals surface area contributed by atoms with Gasteiger partial charge in [0.05, 0.1) is 12.1 Å². The Morgan fingerprint density at radius 1 is 1.05 bits per heavy atom. The maximum Gasteiger partial charge on any atom is 0.123 e. The number of rotatable bonds is 2. The number of hydrogen-bond donors (Lipinski definition) is 3. The predicted octanol–water partition coefficient (Wildman–Crippen LogP) is 4.16. The van der Waals surface area contributed by atoms with Gasteiger partial charge in [-0.25, -0.2) is 0 Å². The molecule has 1 aliphatic heterocycles. The van der Waals surface area contributed by atoms with Crippen molar-refractivity contribution in [3.8, 4) is 16.9 Å². The molecule has 0 spiro atoms. The molecule has 0 aliphatic carbocycles. The zero-order valence-corrected chi connectivity index (χ0v) is 13.1. The average molecular weight is 295 g/mol. The summed E-state index contributed by atoms with van der Waals surface area (Å²) in [4.78, 5) is 0. The van der Waals surface area contributed by atoms with Gasteiger partial charge in [-0.05, 0) is 49.6 Å². The van der Waals surface area contributed by atoms with E-state index in [0.717, 1.165) is 33.5 Å². The number of aromatic hydroxyl groups is 1. The van der Waals surface area contributed by atoms with Gasteiger partial charge < -0.3 is 15.5 Å². The number of phenols is 1. The van der Waals surface area contributed by atoms with Crippen LogP contribution in [0.2, 0.25) is 0 Å². The van der Waals surface area contributed by atoms with E-state index in [1.165, 1.54) is 0 Å². The lowest BCUT2D eigenvalue weighted by molar-refractivity contribution is 0.282. The highest BCUT2D eigenvalue weighted by molar-refractivity contribution is 5.88. The molecule has 0 atom stereocenters. The number of fused-ring (bicyclic) bond motifs is 1. The molecule has 3 nitrogen and oxygen atoms in total. The van der Waals surface area contributed by atoms with E-state index in [1.807, 2.05) is 24.3 Å². The molecule has 0 fully saturated rings. The van der Waals surface area contributed by atoms with Crippen LogP contribution < -0.4 is 5.32 Å². The summed E-state index contributed by atoms with van der Waals surface area (Å²) in [6, 6.07) is 11.2. The first-order chi connectivity index (χ1) is 10.4. The summed E-state index contributed by atoms with van der Waals surface area (Å²) in [7, 11) is 0. The van der Waals surface area contributed by atoms with Crippen LogP contribution in [0, 0.1) is 0 Å². The van der Waals surface area contributed by atoms with E-state index in [4.69, 9.17) is 0 Å². The summed E-state index contributed by atoms with van der Waals surface area (Å²) >= 11 is 0. The summed E-state index contributed by atoms with van der Waals surface area (Å²) in [5.74, 6) is 0.225. The number of phenolic OH excluding ortho intramolecular Hbond substituents is 1. The topological polar surface area (TPSA) is 52.5 Å². The van der Waals surface area contributed by atoms with Gasteiger partial charge in [-0.1, -0.05) is 30.3 Å². The fraction of sp³-hybridized carbons (Fsp3) is 0.263. The molecule has 0 saturated carbocycles. The SMILES string of the molecule is CC1=CC(C)(C)Nc2ccc(-c3ccccc3O)c(CO)c21. The van der Waals surface area contributed by atoms with E-state index in [9.17, 15) is 10.2 Å². The lowest BCUT2D eigenvalue weighted by atomic mass is 9.85. The lowest BCUT2D eigenvalue weighted by Gasteiger charge is -2.33. The van der Waals surface area contributed by atoms with Gasteiger partial charge in [-0.2, -0.15) is 0 Å². The number of aliphatic hydroxyl groups is 1. The molecule has 3 rings (SSSR count). The quantitative estimate of drug-likeness (QED) is 0.780. The van der Waals surface area contributed by atoms with Crippen LogP contribution in [-0.4, -0.2) is 15.8 Å². The summed E-state index contributed by atoms with van der Waals surface area (Å²) in [6.07, 6.45) is 2.17. The van der Waals surface area contributed by atoms with Gasteiger partial charge in [-0.3, -0.25) is 0 Å². The maximum atomic E-state index is 10.1. The Morgan fingerprint density at radius 3 is 2.45 bits per heavy atom. The Morgan fingerprint density at radius 2 is 1.77 bits per heavy atom. The molecule has 0 bridgehead atoms. The third-order valence-corrected chi connectivity index (χ3v) is 4.09. The highest BCUT2D eigenvalue weighted by Crippen LogP contribution is 2.41. The van der Waals surface area contributed by atoms with Crippen LogP contribution in [0.25, 0.3) is 16.7 Å². The van der Waals surface area contributed by atoms with Crippen LogP contribution in [0.4, 0.5) is 5.69 Å². The van der Waals surface area contributed by atoms with Gasteiger partial charge in [0.2, 0.25) is 0 Å². The molecule has 0 unspecified atom stereocenters. The second kappa shape index (κ2) is 5.18. The summed E-state index contributed by atoms with van der Waals surface area (Å²) in [5, 5.41) is 23.5. The Balaban J connectivity index is 2.25. The van der Waals surface area contributed by atoms with Crippen molar-refractivity contribution in [1.82, 2.24) is 0 Å². The van der Waals surface area contributed by atoms with Gasteiger partial charge in [0.15, 0.2) is 0 Å². The number of nitrogens with one attached hydrogen (secondary N) is 1. The first-order valence-electron chi connectivity index (χ1n) is 7.46. The normalized spacial score (nSPS) is 15.7. The third kappa shape index (κ3) is 2.38. The molecule has 0 aromatic heterocycles. The summed E-state index contributed by atoms with van der Waals surface area (Å²) in [6.45, 7) is 6.24. The fourth-order valence-corrected chi connectivity index (χ4v) is 3.32. The van der Waals surface area contributed by atoms with Gasteiger partial charge in [-0.15, -0.1) is 0 Å². The van der Waals surface area contributed by atoms with Gasteiger partial charge in [0, 0.05) is 16.8 Å². The van der Waals surface area contributed by atoms with E-state index >= 15 is 0 Å². The molecule has 0 radical (unpaired) electrons. The molecule has 1 aliphatic rings. The first-order valence-corrected chi connectivity index (χ1v) is 7.46. The average Bonchev–Trinajstić information content (AvgIpc) is 2.45. The second-order valence-corrected chi connectivity index (χ2v) is 6.36. The third-order valence-electron chi connectivity index (χ3n) is 4.09. The second-order valence-electron chi connectivity index (χ2n) is 6.36. The number of para-hydroxylation sites is 1. The number of benzene rings is 2. The smallest absolute Gasteiger partial charge is 0.123 e. The molecule has 1 heterocycles. The van der Waals surface area contributed by atoms with Crippen molar-refractivity contribution in [2.75, 3.05) is 5.32 Å². The standard InChI is InChI=1S/C19H21NO2/c1-12-10-19(2,3)20-16-9-8-13(15(11-21)18(12)16)14-6-4-5-7-17(14)22/h4-10,20-22H,11H2,1-3H3. The minimum atomic E-state index is -0.111. The molecule has 3 N–H and O–H groups in total. The van der Waals surface area contributed by atoms with Crippen molar-refractivity contribution in [2.24, 2.45) is 0 Å².